The molecule has 2 atom stereocenters. The van der Waals surface area contributed by atoms with E-state index in [-0.39, 0.29) is 19.1 Å². The van der Waals surface area contributed by atoms with Crippen LogP contribution in [-0.4, -0.2) is 53.8 Å². The summed E-state index contributed by atoms with van der Waals surface area (Å²) >= 11 is 0. The Morgan fingerprint density at radius 1 is 1.50 bits per heavy atom. The zero-order chi connectivity index (χ0) is 16.1. The number of benzene rings is 1. The van der Waals surface area contributed by atoms with Crippen LogP contribution in [-0.2, 0) is 14.3 Å². The quantitative estimate of drug-likeness (QED) is 0.876. The predicted molar refractivity (Wildman–Crippen MR) is 75.2 cm³/mol. The van der Waals surface area contributed by atoms with Crippen LogP contribution in [0.1, 0.15) is 12.5 Å². The lowest BCUT2D eigenvalue weighted by atomic mass is 10.2. The second-order valence-electron chi connectivity index (χ2n) is 4.85. The number of aliphatic carboxylic acids is 1. The Bertz CT molecular complexity index is 610. The summed E-state index contributed by atoms with van der Waals surface area (Å²) in [5.74, 6) is -1.10. The minimum Gasteiger partial charge on any atom is -0.480 e. The Balaban J connectivity index is 2.03. The van der Waals surface area contributed by atoms with E-state index in [1.807, 2.05) is 6.07 Å². The average Bonchev–Trinajstić information content (AvgIpc) is 2.54. The number of nitriles is 1. The summed E-state index contributed by atoms with van der Waals surface area (Å²) in [7, 11) is 0. The van der Waals surface area contributed by atoms with Crippen LogP contribution in [0, 0.1) is 11.3 Å². The number of rotatable bonds is 4. The topological polar surface area (TPSA) is 99.9 Å². The highest BCUT2D eigenvalue weighted by Gasteiger charge is 2.31. The molecule has 1 amide bonds. The van der Waals surface area contributed by atoms with Crippen molar-refractivity contribution < 1.29 is 24.2 Å². The highest BCUT2D eigenvalue weighted by atomic mass is 16.5. The summed E-state index contributed by atoms with van der Waals surface area (Å²) in [6, 6.07) is 8.62. The Morgan fingerprint density at radius 3 is 2.91 bits per heavy atom. The predicted octanol–water partition coefficient (Wildman–Crippen LogP) is 0.638. The highest BCUT2D eigenvalue weighted by Crippen LogP contribution is 2.19. The second-order valence-corrected chi connectivity index (χ2v) is 4.85. The van der Waals surface area contributed by atoms with Gasteiger partial charge in [-0.1, -0.05) is 12.1 Å². The molecule has 1 aromatic carbocycles. The van der Waals surface area contributed by atoms with E-state index in [1.54, 1.807) is 31.2 Å². The van der Waals surface area contributed by atoms with Crippen LogP contribution >= 0.6 is 0 Å². The monoisotopic (exact) mass is 304 g/mol. The minimum atomic E-state index is -1.10. The number of hydrogen-bond donors (Lipinski definition) is 1. The van der Waals surface area contributed by atoms with Gasteiger partial charge >= 0.3 is 5.97 Å². The van der Waals surface area contributed by atoms with E-state index in [0.717, 1.165) is 0 Å². The van der Waals surface area contributed by atoms with Gasteiger partial charge in [-0.25, -0.2) is 4.79 Å². The smallest absolute Gasteiger partial charge is 0.334 e. The Labute approximate surface area is 127 Å². The fraction of sp³-hybridized carbons (Fsp3) is 0.400. The van der Waals surface area contributed by atoms with Gasteiger partial charge in [0.25, 0.3) is 5.91 Å². The van der Waals surface area contributed by atoms with Crippen molar-refractivity contribution in [3.05, 3.63) is 29.8 Å². The minimum absolute atomic E-state index is 0.0121. The van der Waals surface area contributed by atoms with Crippen LogP contribution in [0.3, 0.4) is 0 Å². The zero-order valence-corrected chi connectivity index (χ0v) is 12.1. The molecule has 7 nitrogen and oxygen atoms in total. The number of carboxylic acid groups (broad SMARTS) is 1. The normalized spacial score (nSPS) is 19.1. The maximum absolute atomic E-state index is 12.3. The number of para-hydroxylation sites is 1. The molecule has 1 aliphatic heterocycles. The number of carbonyl (C=O) groups excluding carboxylic acids is 1. The third kappa shape index (κ3) is 3.54. The lowest BCUT2D eigenvalue weighted by Gasteiger charge is -2.32. The second kappa shape index (κ2) is 6.91. The van der Waals surface area contributed by atoms with Crippen molar-refractivity contribution >= 4 is 11.9 Å². The number of ether oxygens (including phenoxy) is 2. The van der Waals surface area contributed by atoms with Crippen LogP contribution in [0.5, 0.6) is 5.75 Å². The lowest BCUT2D eigenvalue weighted by molar-refractivity contribution is -0.161. The van der Waals surface area contributed by atoms with Crippen molar-refractivity contribution in [2.75, 3.05) is 19.7 Å². The summed E-state index contributed by atoms with van der Waals surface area (Å²) in [5, 5.41) is 18.0. The number of nitrogens with zero attached hydrogens (tertiary/aromatic N) is 2. The molecule has 1 heterocycles. The molecule has 0 unspecified atom stereocenters. The van der Waals surface area contributed by atoms with E-state index in [1.165, 1.54) is 4.90 Å². The van der Waals surface area contributed by atoms with Crippen LogP contribution in [0.15, 0.2) is 24.3 Å². The molecular formula is C15H16N2O5. The maximum atomic E-state index is 12.3. The number of carboxylic acids is 1. The van der Waals surface area contributed by atoms with Crippen molar-refractivity contribution in [1.29, 1.82) is 5.26 Å². The summed E-state index contributed by atoms with van der Waals surface area (Å²) < 4.78 is 10.6. The molecule has 1 N–H and O–H groups in total. The first-order valence-electron chi connectivity index (χ1n) is 6.82. The summed E-state index contributed by atoms with van der Waals surface area (Å²) in [6.45, 7) is 2.05. The third-order valence-electron chi connectivity index (χ3n) is 3.31. The molecule has 1 aromatic rings. The molecule has 0 aliphatic carbocycles. The van der Waals surface area contributed by atoms with Gasteiger partial charge in [0.05, 0.1) is 18.7 Å². The van der Waals surface area contributed by atoms with Crippen molar-refractivity contribution in [2.45, 2.75) is 19.1 Å². The lowest BCUT2D eigenvalue weighted by Crippen LogP contribution is -2.51. The van der Waals surface area contributed by atoms with Gasteiger partial charge in [0.2, 0.25) is 0 Å². The molecule has 1 fully saturated rings. The molecule has 1 aliphatic rings. The summed E-state index contributed by atoms with van der Waals surface area (Å²) in [6.07, 6.45) is -1.83. The van der Waals surface area contributed by atoms with Gasteiger partial charge in [-0.3, -0.25) is 4.79 Å². The summed E-state index contributed by atoms with van der Waals surface area (Å²) in [5.41, 5.74) is 0.340. The molecule has 0 bridgehead atoms. The number of amides is 1. The Kier molecular flexibility index (Phi) is 4.96. The van der Waals surface area contributed by atoms with Gasteiger partial charge in [-0.15, -0.1) is 0 Å². The van der Waals surface area contributed by atoms with Crippen LogP contribution in [0.25, 0.3) is 0 Å². The van der Waals surface area contributed by atoms with E-state index in [2.05, 4.69) is 0 Å². The van der Waals surface area contributed by atoms with Crippen LogP contribution in [0.4, 0.5) is 0 Å². The fourth-order valence-corrected chi connectivity index (χ4v) is 2.16. The first-order valence-corrected chi connectivity index (χ1v) is 6.82. The number of carbonyl (C=O) groups is 2. The third-order valence-corrected chi connectivity index (χ3v) is 3.31. The molecule has 0 saturated carbocycles. The average molecular weight is 304 g/mol. The summed E-state index contributed by atoms with van der Waals surface area (Å²) in [4.78, 5) is 24.7. The molecule has 0 radical (unpaired) electrons. The van der Waals surface area contributed by atoms with E-state index in [4.69, 9.17) is 19.8 Å². The van der Waals surface area contributed by atoms with Gasteiger partial charge in [0.1, 0.15) is 11.8 Å². The first kappa shape index (κ1) is 15.8. The Morgan fingerprint density at radius 2 is 2.23 bits per heavy atom. The van der Waals surface area contributed by atoms with E-state index >= 15 is 0 Å². The first-order chi connectivity index (χ1) is 10.5. The molecule has 0 spiro atoms. The van der Waals surface area contributed by atoms with Gasteiger partial charge in [-0.05, 0) is 19.1 Å². The highest BCUT2D eigenvalue weighted by molar-refractivity contribution is 5.82. The molecule has 22 heavy (non-hydrogen) atoms. The molecule has 7 heteroatoms. The SMILES string of the molecule is C[C@@H](Oc1ccccc1C#N)C(=O)N1CCO[C@H](C(=O)O)C1. The van der Waals surface area contributed by atoms with Crippen molar-refractivity contribution in [3.63, 3.8) is 0 Å². The molecule has 1 saturated heterocycles. The van der Waals surface area contributed by atoms with E-state index in [0.29, 0.717) is 17.9 Å². The number of morpholine rings is 1. The largest absolute Gasteiger partial charge is 0.480 e. The number of hydrogen-bond acceptors (Lipinski definition) is 5. The van der Waals surface area contributed by atoms with Crippen LogP contribution < -0.4 is 4.74 Å². The fourth-order valence-electron chi connectivity index (χ4n) is 2.16. The van der Waals surface area contributed by atoms with E-state index < -0.39 is 18.2 Å². The van der Waals surface area contributed by atoms with Gasteiger partial charge in [0, 0.05) is 6.54 Å². The van der Waals surface area contributed by atoms with Crippen molar-refractivity contribution in [2.24, 2.45) is 0 Å². The van der Waals surface area contributed by atoms with Crippen molar-refractivity contribution in [3.8, 4) is 11.8 Å². The molecule has 0 aromatic heterocycles. The van der Waals surface area contributed by atoms with Gasteiger partial charge in [-0.2, -0.15) is 5.26 Å². The molecular weight excluding hydrogens is 288 g/mol. The van der Waals surface area contributed by atoms with Crippen molar-refractivity contribution in [1.82, 2.24) is 4.90 Å². The van der Waals surface area contributed by atoms with E-state index in [9.17, 15) is 9.59 Å². The molecule has 2 rings (SSSR count). The van der Waals surface area contributed by atoms with Gasteiger partial charge in [0.15, 0.2) is 12.2 Å². The van der Waals surface area contributed by atoms with Crippen LogP contribution in [0.2, 0.25) is 0 Å². The standard InChI is InChI=1S/C15H16N2O5/c1-10(22-12-5-3-2-4-11(12)8-16)14(18)17-6-7-21-13(9-17)15(19)20/h2-5,10,13H,6-7,9H2,1H3,(H,19,20)/t10-,13+/m1/s1. The molecule has 116 valence electrons. The Hall–Kier alpha value is -2.59. The zero-order valence-electron chi connectivity index (χ0n) is 12.1. The maximum Gasteiger partial charge on any atom is 0.334 e. The van der Waals surface area contributed by atoms with Gasteiger partial charge < -0.3 is 19.5 Å².